The summed E-state index contributed by atoms with van der Waals surface area (Å²) in [6.45, 7) is 0. The van der Waals surface area contributed by atoms with Crippen LogP contribution in [-0.4, -0.2) is 21.3 Å². The molecule has 1 heterocycles. The Morgan fingerprint density at radius 1 is 1.14 bits per heavy atom. The number of benzene rings is 2. The highest BCUT2D eigenvalue weighted by Gasteiger charge is 2.29. The molecular weight excluding hydrogens is 286 g/mol. The number of sulfone groups is 1. The maximum atomic E-state index is 12.1. The van der Waals surface area contributed by atoms with Gasteiger partial charge in [-0.3, -0.25) is 0 Å². The van der Waals surface area contributed by atoms with E-state index in [2.05, 4.69) is 5.32 Å². The molecule has 1 atom stereocenters. The number of methoxy groups -OCH3 is 1. The summed E-state index contributed by atoms with van der Waals surface area (Å²) in [5, 5.41) is 3.41. The van der Waals surface area contributed by atoms with Gasteiger partial charge in [-0.05, 0) is 30.2 Å². The lowest BCUT2D eigenvalue weighted by Crippen LogP contribution is -2.24. The molecule has 2 aromatic rings. The number of ether oxygens (including phenoxy) is 1. The average Bonchev–Trinajstić information content (AvgIpc) is 2.51. The SMILES string of the molecule is COc1cccc(NC2CCS(=O)(=O)c3ccccc32)c1. The van der Waals surface area contributed by atoms with E-state index in [-0.39, 0.29) is 11.8 Å². The van der Waals surface area contributed by atoms with Crippen LogP contribution in [0, 0.1) is 0 Å². The van der Waals surface area contributed by atoms with Crippen LogP contribution in [0.1, 0.15) is 18.0 Å². The summed E-state index contributed by atoms with van der Waals surface area (Å²) in [7, 11) is -1.52. The Bertz CT molecular complexity index is 756. The van der Waals surface area contributed by atoms with Gasteiger partial charge in [0.1, 0.15) is 5.75 Å². The van der Waals surface area contributed by atoms with Gasteiger partial charge >= 0.3 is 0 Å². The molecular formula is C16H17NO3S. The highest BCUT2D eigenvalue weighted by Crippen LogP contribution is 2.34. The van der Waals surface area contributed by atoms with Gasteiger partial charge in [-0.1, -0.05) is 24.3 Å². The highest BCUT2D eigenvalue weighted by molar-refractivity contribution is 7.91. The Kier molecular flexibility index (Phi) is 3.59. The van der Waals surface area contributed by atoms with Crippen LogP contribution in [0.15, 0.2) is 53.4 Å². The Balaban J connectivity index is 1.93. The molecule has 2 aromatic carbocycles. The van der Waals surface area contributed by atoms with Crippen molar-refractivity contribution in [1.29, 1.82) is 0 Å². The summed E-state index contributed by atoms with van der Waals surface area (Å²) in [6, 6.07) is 14.9. The molecule has 5 heteroatoms. The summed E-state index contributed by atoms with van der Waals surface area (Å²) >= 11 is 0. The largest absolute Gasteiger partial charge is 0.497 e. The maximum absolute atomic E-state index is 12.1. The molecule has 0 aromatic heterocycles. The van der Waals surface area contributed by atoms with Gasteiger partial charge in [0.15, 0.2) is 9.84 Å². The predicted octanol–water partition coefficient (Wildman–Crippen LogP) is 3.03. The third kappa shape index (κ3) is 2.74. The number of rotatable bonds is 3. The van der Waals surface area contributed by atoms with Crippen molar-refractivity contribution in [3.05, 3.63) is 54.1 Å². The molecule has 0 fully saturated rings. The Morgan fingerprint density at radius 2 is 1.95 bits per heavy atom. The predicted molar refractivity (Wildman–Crippen MR) is 82.5 cm³/mol. The first kappa shape index (κ1) is 13.9. The van der Waals surface area contributed by atoms with Crippen molar-refractivity contribution in [3.63, 3.8) is 0 Å². The van der Waals surface area contributed by atoms with E-state index >= 15 is 0 Å². The standard InChI is InChI=1S/C16H17NO3S/c1-20-13-6-4-5-12(11-13)17-15-9-10-21(18,19)16-8-3-2-7-14(15)16/h2-8,11,15,17H,9-10H2,1H3. The first-order valence-electron chi connectivity index (χ1n) is 6.82. The summed E-state index contributed by atoms with van der Waals surface area (Å²) < 4.78 is 29.5. The van der Waals surface area contributed by atoms with Crippen molar-refractivity contribution in [2.45, 2.75) is 17.4 Å². The zero-order valence-electron chi connectivity index (χ0n) is 11.7. The number of anilines is 1. The third-order valence-electron chi connectivity index (χ3n) is 3.72. The van der Waals surface area contributed by atoms with E-state index in [0.717, 1.165) is 17.0 Å². The van der Waals surface area contributed by atoms with Crippen LogP contribution in [0.25, 0.3) is 0 Å². The second kappa shape index (κ2) is 5.41. The molecule has 21 heavy (non-hydrogen) atoms. The van der Waals surface area contributed by atoms with Crippen LogP contribution in [0.4, 0.5) is 5.69 Å². The van der Waals surface area contributed by atoms with Crippen LogP contribution in [0.5, 0.6) is 5.75 Å². The minimum absolute atomic E-state index is 0.00293. The normalized spacial score (nSPS) is 19.6. The van der Waals surface area contributed by atoms with Gasteiger partial charge in [0.2, 0.25) is 0 Å². The molecule has 0 saturated carbocycles. The smallest absolute Gasteiger partial charge is 0.178 e. The average molecular weight is 303 g/mol. The van der Waals surface area contributed by atoms with Gasteiger partial charge in [0.25, 0.3) is 0 Å². The molecule has 4 nitrogen and oxygen atoms in total. The fourth-order valence-corrected chi connectivity index (χ4v) is 4.28. The van der Waals surface area contributed by atoms with Gasteiger partial charge in [-0.15, -0.1) is 0 Å². The topological polar surface area (TPSA) is 55.4 Å². The first-order chi connectivity index (χ1) is 10.1. The molecule has 0 aliphatic carbocycles. The van der Waals surface area contributed by atoms with E-state index in [1.165, 1.54) is 0 Å². The van der Waals surface area contributed by atoms with Crippen molar-refractivity contribution in [3.8, 4) is 5.75 Å². The summed E-state index contributed by atoms with van der Waals surface area (Å²) in [5.74, 6) is 0.947. The van der Waals surface area contributed by atoms with Crippen molar-refractivity contribution in [1.82, 2.24) is 0 Å². The number of nitrogens with one attached hydrogen (secondary N) is 1. The van der Waals surface area contributed by atoms with E-state index < -0.39 is 9.84 Å². The summed E-state index contributed by atoms with van der Waals surface area (Å²) in [4.78, 5) is 0.441. The fourth-order valence-electron chi connectivity index (χ4n) is 2.65. The molecule has 3 rings (SSSR count). The molecule has 1 unspecified atom stereocenters. The monoisotopic (exact) mass is 303 g/mol. The number of hydrogen-bond donors (Lipinski definition) is 1. The van der Waals surface area contributed by atoms with Crippen LogP contribution in [0.3, 0.4) is 0 Å². The van der Waals surface area contributed by atoms with Crippen LogP contribution in [0.2, 0.25) is 0 Å². The zero-order chi connectivity index (χ0) is 14.9. The van der Waals surface area contributed by atoms with E-state index in [4.69, 9.17) is 4.74 Å². The fraction of sp³-hybridized carbons (Fsp3) is 0.250. The van der Waals surface area contributed by atoms with Gasteiger partial charge < -0.3 is 10.1 Å². The quantitative estimate of drug-likeness (QED) is 0.947. The van der Waals surface area contributed by atoms with Gasteiger partial charge in [0, 0.05) is 11.8 Å². The number of fused-ring (bicyclic) bond motifs is 1. The minimum atomic E-state index is -3.14. The first-order valence-corrected chi connectivity index (χ1v) is 8.48. The lowest BCUT2D eigenvalue weighted by molar-refractivity contribution is 0.415. The van der Waals surface area contributed by atoms with Gasteiger partial charge in [0.05, 0.1) is 23.8 Å². The molecule has 110 valence electrons. The van der Waals surface area contributed by atoms with E-state index in [0.29, 0.717) is 11.3 Å². The molecule has 0 saturated heterocycles. The molecule has 0 amide bonds. The minimum Gasteiger partial charge on any atom is -0.497 e. The summed E-state index contributed by atoms with van der Waals surface area (Å²) in [5.41, 5.74) is 1.76. The van der Waals surface area contributed by atoms with Crippen molar-refractivity contribution in [2.24, 2.45) is 0 Å². The summed E-state index contributed by atoms with van der Waals surface area (Å²) in [6.07, 6.45) is 0.566. The highest BCUT2D eigenvalue weighted by atomic mass is 32.2. The second-order valence-electron chi connectivity index (χ2n) is 5.07. The maximum Gasteiger partial charge on any atom is 0.178 e. The van der Waals surface area contributed by atoms with E-state index in [1.807, 2.05) is 36.4 Å². The Hall–Kier alpha value is -2.01. The number of hydrogen-bond acceptors (Lipinski definition) is 4. The van der Waals surface area contributed by atoms with Crippen LogP contribution >= 0.6 is 0 Å². The van der Waals surface area contributed by atoms with Gasteiger partial charge in [-0.25, -0.2) is 8.42 Å². The Labute approximate surface area is 124 Å². The lowest BCUT2D eigenvalue weighted by atomic mass is 10.0. The van der Waals surface area contributed by atoms with Crippen molar-refractivity contribution < 1.29 is 13.2 Å². The molecule has 0 radical (unpaired) electrons. The van der Waals surface area contributed by atoms with E-state index in [9.17, 15) is 8.42 Å². The van der Waals surface area contributed by atoms with E-state index in [1.54, 1.807) is 19.2 Å². The third-order valence-corrected chi connectivity index (χ3v) is 5.53. The molecule has 1 aliphatic heterocycles. The van der Waals surface area contributed by atoms with Crippen LogP contribution < -0.4 is 10.1 Å². The molecule has 0 spiro atoms. The zero-order valence-corrected chi connectivity index (χ0v) is 12.6. The molecule has 0 bridgehead atoms. The van der Waals surface area contributed by atoms with Gasteiger partial charge in [-0.2, -0.15) is 0 Å². The molecule has 1 N–H and O–H groups in total. The van der Waals surface area contributed by atoms with Crippen molar-refractivity contribution in [2.75, 3.05) is 18.2 Å². The van der Waals surface area contributed by atoms with Crippen molar-refractivity contribution >= 4 is 15.5 Å². The molecule has 1 aliphatic rings. The lowest BCUT2D eigenvalue weighted by Gasteiger charge is -2.27. The Morgan fingerprint density at radius 3 is 2.76 bits per heavy atom. The van der Waals surface area contributed by atoms with Crippen LogP contribution in [-0.2, 0) is 9.84 Å². The second-order valence-corrected chi connectivity index (χ2v) is 7.15.